The zero-order valence-corrected chi connectivity index (χ0v) is 12.7. The van der Waals surface area contributed by atoms with E-state index in [1.807, 2.05) is 79.7 Å². The van der Waals surface area contributed by atoms with Crippen molar-refractivity contribution in [3.05, 3.63) is 72.8 Å². The molecule has 0 saturated carbocycles. The quantitative estimate of drug-likeness (QED) is 0.620. The predicted octanol–water partition coefficient (Wildman–Crippen LogP) is 3.55. The van der Waals surface area contributed by atoms with Crippen molar-refractivity contribution in [1.82, 2.24) is 0 Å². The third-order valence-electron chi connectivity index (χ3n) is 3.24. The molecule has 0 fully saturated rings. The van der Waals surface area contributed by atoms with E-state index in [9.17, 15) is 4.57 Å². The normalized spacial score (nSPS) is 13.5. The van der Waals surface area contributed by atoms with Gasteiger partial charge in [-0.3, -0.25) is 0 Å². The summed E-state index contributed by atoms with van der Waals surface area (Å²) in [4.78, 5) is 0. The standard InChI is InChI=1S/C17H19O2P/c1-3-10-17(19-2)20(18,15-11-6-4-7-12-15)16-13-8-5-9-14-16/h3-14,17H,1-2H3/b10-3+. The molecule has 0 spiro atoms. The molecule has 1 unspecified atom stereocenters. The summed E-state index contributed by atoms with van der Waals surface area (Å²) >= 11 is 0. The van der Waals surface area contributed by atoms with Crippen LogP contribution in [-0.4, -0.2) is 13.0 Å². The average Bonchev–Trinajstić information content (AvgIpc) is 2.53. The molecule has 0 radical (unpaired) electrons. The van der Waals surface area contributed by atoms with Crippen molar-refractivity contribution in [2.24, 2.45) is 0 Å². The number of hydrogen-bond acceptors (Lipinski definition) is 2. The zero-order chi connectivity index (χ0) is 14.4. The molecule has 2 aromatic carbocycles. The highest BCUT2D eigenvalue weighted by Gasteiger charge is 2.35. The Bertz CT molecular complexity index is 562. The molecular weight excluding hydrogens is 267 g/mol. The molecule has 20 heavy (non-hydrogen) atoms. The van der Waals surface area contributed by atoms with E-state index < -0.39 is 13.0 Å². The minimum Gasteiger partial charge on any atom is -0.369 e. The zero-order valence-electron chi connectivity index (χ0n) is 11.8. The molecule has 0 saturated heterocycles. The Kier molecular flexibility index (Phi) is 4.94. The van der Waals surface area contributed by atoms with Crippen molar-refractivity contribution in [3.63, 3.8) is 0 Å². The molecule has 0 N–H and O–H groups in total. The van der Waals surface area contributed by atoms with Crippen LogP contribution in [0.5, 0.6) is 0 Å². The van der Waals surface area contributed by atoms with Gasteiger partial charge in [-0.05, 0) is 6.92 Å². The van der Waals surface area contributed by atoms with E-state index in [4.69, 9.17) is 4.74 Å². The maximum Gasteiger partial charge on any atom is 0.174 e. The third kappa shape index (κ3) is 2.77. The Balaban J connectivity index is 2.64. The summed E-state index contributed by atoms with van der Waals surface area (Å²) in [6.07, 6.45) is 3.74. The third-order valence-corrected chi connectivity index (χ3v) is 6.47. The second kappa shape index (κ2) is 6.69. The lowest BCUT2D eigenvalue weighted by atomic mass is 10.4. The summed E-state index contributed by atoms with van der Waals surface area (Å²) in [5.74, 6) is -0.447. The van der Waals surface area contributed by atoms with Gasteiger partial charge in [0.05, 0.1) is 0 Å². The van der Waals surface area contributed by atoms with Crippen molar-refractivity contribution in [2.75, 3.05) is 7.11 Å². The first-order chi connectivity index (χ1) is 9.73. The predicted molar refractivity (Wildman–Crippen MR) is 85.4 cm³/mol. The van der Waals surface area contributed by atoms with Gasteiger partial charge in [-0.25, -0.2) is 0 Å². The lowest BCUT2D eigenvalue weighted by Gasteiger charge is -2.25. The lowest BCUT2D eigenvalue weighted by molar-refractivity contribution is 0.199. The molecule has 0 aliphatic carbocycles. The fourth-order valence-electron chi connectivity index (χ4n) is 2.25. The molecule has 0 aliphatic rings. The van der Waals surface area contributed by atoms with Gasteiger partial charge in [0, 0.05) is 17.7 Å². The SMILES string of the molecule is C/C=C/C(OC)P(=O)(c1ccccc1)c1ccccc1. The smallest absolute Gasteiger partial charge is 0.174 e. The van der Waals surface area contributed by atoms with Crippen LogP contribution in [0.15, 0.2) is 72.8 Å². The van der Waals surface area contributed by atoms with E-state index in [-0.39, 0.29) is 0 Å². The van der Waals surface area contributed by atoms with Crippen LogP contribution >= 0.6 is 7.14 Å². The van der Waals surface area contributed by atoms with Crippen molar-refractivity contribution < 1.29 is 9.30 Å². The molecule has 0 amide bonds. The summed E-state index contributed by atoms with van der Waals surface area (Å²) in [5.41, 5.74) is 0. The largest absolute Gasteiger partial charge is 0.369 e. The van der Waals surface area contributed by atoms with Gasteiger partial charge >= 0.3 is 0 Å². The van der Waals surface area contributed by atoms with Gasteiger partial charge in [0.25, 0.3) is 0 Å². The molecule has 2 aromatic rings. The number of methoxy groups -OCH3 is 1. The minimum atomic E-state index is -2.86. The van der Waals surface area contributed by atoms with Crippen LogP contribution in [0.2, 0.25) is 0 Å². The molecule has 2 rings (SSSR count). The molecule has 0 bridgehead atoms. The Hall–Kier alpha value is -1.63. The maximum atomic E-state index is 13.8. The van der Waals surface area contributed by atoms with Crippen LogP contribution in [-0.2, 0) is 9.30 Å². The van der Waals surface area contributed by atoms with Crippen molar-refractivity contribution in [1.29, 1.82) is 0 Å². The molecule has 2 nitrogen and oxygen atoms in total. The molecule has 104 valence electrons. The van der Waals surface area contributed by atoms with Crippen molar-refractivity contribution in [2.45, 2.75) is 12.8 Å². The second-order valence-corrected chi connectivity index (χ2v) is 7.34. The Labute approximate surface area is 120 Å². The van der Waals surface area contributed by atoms with Gasteiger partial charge in [0.2, 0.25) is 0 Å². The number of hydrogen-bond donors (Lipinski definition) is 0. The number of benzene rings is 2. The van der Waals surface area contributed by atoms with Gasteiger partial charge < -0.3 is 9.30 Å². The highest BCUT2D eigenvalue weighted by Crippen LogP contribution is 2.49. The van der Waals surface area contributed by atoms with E-state index >= 15 is 0 Å². The first-order valence-electron chi connectivity index (χ1n) is 6.60. The first kappa shape index (κ1) is 14.8. The Morgan fingerprint density at radius 3 is 1.75 bits per heavy atom. The molecule has 3 heteroatoms. The summed E-state index contributed by atoms with van der Waals surface area (Å²) < 4.78 is 19.3. The maximum absolute atomic E-state index is 13.8. The molecule has 0 aromatic heterocycles. The van der Waals surface area contributed by atoms with Crippen LogP contribution in [0.1, 0.15) is 6.92 Å². The van der Waals surface area contributed by atoms with E-state index in [0.29, 0.717) is 0 Å². The van der Waals surface area contributed by atoms with E-state index in [2.05, 4.69) is 0 Å². The van der Waals surface area contributed by atoms with Crippen molar-refractivity contribution in [3.8, 4) is 0 Å². The topological polar surface area (TPSA) is 26.3 Å². The summed E-state index contributed by atoms with van der Waals surface area (Å²) in [5, 5.41) is 1.63. The second-order valence-electron chi connectivity index (χ2n) is 4.48. The highest BCUT2D eigenvalue weighted by molar-refractivity contribution is 7.79. The number of ether oxygens (including phenoxy) is 1. The molecule has 0 aliphatic heterocycles. The minimum absolute atomic E-state index is 0.447. The van der Waals surface area contributed by atoms with E-state index in [1.165, 1.54) is 0 Å². The average molecular weight is 286 g/mol. The Morgan fingerprint density at radius 2 is 1.40 bits per heavy atom. The summed E-state index contributed by atoms with van der Waals surface area (Å²) in [6, 6.07) is 19.1. The highest BCUT2D eigenvalue weighted by atomic mass is 31.2. The van der Waals surface area contributed by atoms with Crippen molar-refractivity contribution >= 4 is 17.8 Å². The van der Waals surface area contributed by atoms with Gasteiger partial charge in [0.1, 0.15) is 5.85 Å². The number of rotatable bonds is 5. The monoisotopic (exact) mass is 286 g/mol. The van der Waals surface area contributed by atoms with Crippen LogP contribution in [0, 0.1) is 0 Å². The van der Waals surface area contributed by atoms with Gasteiger partial charge in [-0.2, -0.15) is 0 Å². The fraction of sp³-hybridized carbons (Fsp3) is 0.176. The van der Waals surface area contributed by atoms with E-state index in [1.54, 1.807) is 7.11 Å². The van der Waals surface area contributed by atoms with Gasteiger partial charge in [-0.15, -0.1) is 0 Å². The van der Waals surface area contributed by atoms with Gasteiger partial charge in [-0.1, -0.05) is 72.8 Å². The lowest BCUT2D eigenvalue weighted by Crippen LogP contribution is -2.25. The van der Waals surface area contributed by atoms with Gasteiger partial charge in [0.15, 0.2) is 7.14 Å². The molecular formula is C17H19O2P. The Morgan fingerprint density at radius 1 is 0.950 bits per heavy atom. The molecule has 0 heterocycles. The van der Waals surface area contributed by atoms with Crippen LogP contribution in [0.25, 0.3) is 0 Å². The van der Waals surface area contributed by atoms with Crippen LogP contribution < -0.4 is 10.6 Å². The molecule has 1 atom stereocenters. The van der Waals surface area contributed by atoms with E-state index in [0.717, 1.165) is 10.6 Å². The summed E-state index contributed by atoms with van der Waals surface area (Å²) in [6.45, 7) is 1.91. The number of allylic oxidation sites excluding steroid dienone is 1. The summed E-state index contributed by atoms with van der Waals surface area (Å²) in [7, 11) is -1.26. The van der Waals surface area contributed by atoms with Crippen LogP contribution in [0.4, 0.5) is 0 Å². The van der Waals surface area contributed by atoms with Crippen LogP contribution in [0.3, 0.4) is 0 Å². The fourth-order valence-corrected chi connectivity index (χ4v) is 5.08. The first-order valence-corrected chi connectivity index (χ1v) is 8.37.